The number of carbonyl (C=O) groups excluding carboxylic acids is 3. The Hall–Kier alpha value is -1.97. The van der Waals surface area contributed by atoms with Gasteiger partial charge in [-0.1, -0.05) is 19.9 Å². The van der Waals surface area contributed by atoms with Crippen LogP contribution in [0.5, 0.6) is 0 Å². The molecule has 0 aromatic heterocycles. The normalized spacial score (nSPS) is 45.7. The molecular weight excluding hydrogens is 492 g/mol. The highest BCUT2D eigenvalue weighted by Crippen LogP contribution is 2.70. The Kier molecular flexibility index (Phi) is 7.18. The van der Waals surface area contributed by atoms with E-state index in [4.69, 9.17) is 28.4 Å². The second-order valence-electron chi connectivity index (χ2n) is 12.3. The van der Waals surface area contributed by atoms with Crippen LogP contribution >= 0.6 is 0 Å². The van der Waals surface area contributed by atoms with E-state index >= 15 is 0 Å². The van der Waals surface area contributed by atoms with Crippen LogP contribution in [-0.2, 0) is 42.8 Å². The highest BCUT2D eigenvalue weighted by molar-refractivity contribution is 5.87. The predicted octanol–water partition coefficient (Wildman–Crippen LogP) is 3.72. The van der Waals surface area contributed by atoms with Crippen molar-refractivity contribution in [2.45, 2.75) is 104 Å². The van der Waals surface area contributed by atoms with Gasteiger partial charge in [0.1, 0.15) is 24.4 Å². The third-order valence-electron chi connectivity index (χ3n) is 10.5. The largest absolute Gasteiger partial charge is 0.465 e. The van der Waals surface area contributed by atoms with Gasteiger partial charge in [-0.05, 0) is 51.9 Å². The lowest BCUT2D eigenvalue weighted by Gasteiger charge is -2.65. The third-order valence-corrected chi connectivity index (χ3v) is 10.5. The van der Waals surface area contributed by atoms with Crippen molar-refractivity contribution in [1.29, 1.82) is 0 Å². The molecule has 0 aromatic rings. The van der Waals surface area contributed by atoms with E-state index in [1.165, 1.54) is 13.8 Å². The number of fused-ring (bicyclic) bond motifs is 3. The number of hydrogen-bond acceptors (Lipinski definition) is 9. The van der Waals surface area contributed by atoms with Crippen molar-refractivity contribution in [1.82, 2.24) is 0 Å². The van der Waals surface area contributed by atoms with E-state index in [9.17, 15) is 14.4 Å². The standard InChI is InChI=1S/C29H42O9/c1-7-16(2)25(32)37-21-8-10-28(14-35-28)29(15-34-18(4)30)23(36-19(5)31)12-17(3)27(6,24(21)29)22-13-20-9-11-33-26(20)38-22/h7,17,20-24,26H,8-15H2,1-6H3/b16-7+/t17-,20-,21+,22+,23+,24-,26+,27-,28+,29-/m1/s1. The molecule has 0 radical (unpaired) electrons. The average molecular weight is 535 g/mol. The first kappa shape index (κ1) is 27.6. The van der Waals surface area contributed by atoms with E-state index in [2.05, 4.69) is 13.8 Å². The number of ether oxygens (including phenoxy) is 6. The van der Waals surface area contributed by atoms with Crippen molar-refractivity contribution in [3.8, 4) is 0 Å². The van der Waals surface area contributed by atoms with Crippen molar-refractivity contribution >= 4 is 17.9 Å². The summed E-state index contributed by atoms with van der Waals surface area (Å²) in [5.74, 6) is -1.17. The lowest BCUT2D eigenvalue weighted by molar-refractivity contribution is -0.278. The molecule has 0 unspecified atom stereocenters. The zero-order chi connectivity index (χ0) is 27.5. The summed E-state index contributed by atoms with van der Waals surface area (Å²) in [6.45, 7) is 11.9. The molecule has 0 amide bonds. The first-order valence-corrected chi connectivity index (χ1v) is 14.0. The highest BCUT2D eigenvalue weighted by atomic mass is 16.7. The Morgan fingerprint density at radius 3 is 2.39 bits per heavy atom. The summed E-state index contributed by atoms with van der Waals surface area (Å²) >= 11 is 0. The van der Waals surface area contributed by atoms with E-state index in [0.29, 0.717) is 44.0 Å². The quantitative estimate of drug-likeness (QED) is 0.218. The summed E-state index contributed by atoms with van der Waals surface area (Å²) in [6, 6.07) is 0. The average Bonchev–Trinajstić information content (AvgIpc) is 3.31. The topological polar surface area (TPSA) is 110 Å². The molecule has 2 aliphatic carbocycles. The van der Waals surface area contributed by atoms with Crippen LogP contribution in [0.4, 0.5) is 0 Å². The fraction of sp³-hybridized carbons (Fsp3) is 0.828. The molecule has 3 saturated heterocycles. The molecule has 38 heavy (non-hydrogen) atoms. The molecule has 2 saturated carbocycles. The van der Waals surface area contributed by atoms with Crippen LogP contribution in [0.2, 0.25) is 0 Å². The maximum atomic E-state index is 13.2. The van der Waals surface area contributed by atoms with E-state index in [0.717, 1.165) is 12.8 Å². The molecule has 212 valence electrons. The van der Waals surface area contributed by atoms with Gasteiger partial charge in [0.25, 0.3) is 0 Å². The van der Waals surface area contributed by atoms with E-state index in [1.54, 1.807) is 13.0 Å². The minimum Gasteiger partial charge on any atom is -0.465 e. The van der Waals surface area contributed by atoms with Gasteiger partial charge < -0.3 is 28.4 Å². The molecule has 9 heteroatoms. The minimum absolute atomic E-state index is 0.0139. The lowest BCUT2D eigenvalue weighted by atomic mass is 9.41. The summed E-state index contributed by atoms with van der Waals surface area (Å²) in [7, 11) is 0. The van der Waals surface area contributed by atoms with Crippen molar-refractivity contribution in [3.63, 3.8) is 0 Å². The van der Waals surface area contributed by atoms with Gasteiger partial charge in [0.15, 0.2) is 6.29 Å². The first-order valence-electron chi connectivity index (χ1n) is 14.0. The fourth-order valence-electron chi connectivity index (χ4n) is 8.19. The Bertz CT molecular complexity index is 990. The number of carbonyl (C=O) groups is 3. The fourth-order valence-corrected chi connectivity index (χ4v) is 8.19. The first-order chi connectivity index (χ1) is 18.0. The summed E-state index contributed by atoms with van der Waals surface area (Å²) in [6.07, 6.45) is 3.83. The Morgan fingerprint density at radius 1 is 1.05 bits per heavy atom. The van der Waals surface area contributed by atoms with Gasteiger partial charge in [-0.15, -0.1) is 0 Å². The van der Waals surface area contributed by atoms with Gasteiger partial charge >= 0.3 is 17.9 Å². The van der Waals surface area contributed by atoms with Gasteiger partial charge in [0.2, 0.25) is 0 Å². The third kappa shape index (κ3) is 4.20. The molecule has 3 aliphatic heterocycles. The number of epoxide rings is 1. The summed E-state index contributed by atoms with van der Waals surface area (Å²) < 4.78 is 36.9. The molecule has 5 rings (SSSR count). The number of esters is 3. The SMILES string of the molecule is C/C=C(\C)C(=O)O[C@H]1CC[C@]2(CO2)[C@]2(COC(C)=O)[C@@H](OC(C)=O)C[C@@H](C)[C@](C)([C@@H]3C[C@H]4CCO[C@H]4O3)[C@@H]12. The molecular formula is C29H42O9. The molecule has 0 bridgehead atoms. The minimum atomic E-state index is -0.902. The molecule has 1 spiro atoms. The zero-order valence-electron chi connectivity index (χ0n) is 23.4. The highest BCUT2D eigenvalue weighted by Gasteiger charge is 2.79. The van der Waals surface area contributed by atoms with Crippen molar-refractivity contribution in [2.24, 2.45) is 28.6 Å². The van der Waals surface area contributed by atoms with Crippen molar-refractivity contribution in [2.75, 3.05) is 19.8 Å². The van der Waals surface area contributed by atoms with Gasteiger partial charge in [-0.2, -0.15) is 0 Å². The van der Waals surface area contributed by atoms with Gasteiger partial charge in [-0.25, -0.2) is 4.79 Å². The van der Waals surface area contributed by atoms with Gasteiger partial charge in [0.05, 0.1) is 24.7 Å². The summed E-state index contributed by atoms with van der Waals surface area (Å²) in [5.41, 5.74) is -1.52. The predicted molar refractivity (Wildman–Crippen MR) is 135 cm³/mol. The Labute approximate surface area is 224 Å². The molecule has 5 fully saturated rings. The molecule has 0 N–H and O–H groups in total. The Balaban J connectivity index is 1.65. The van der Waals surface area contributed by atoms with E-state index in [-0.39, 0.29) is 36.8 Å². The summed E-state index contributed by atoms with van der Waals surface area (Å²) in [4.78, 5) is 37.8. The van der Waals surface area contributed by atoms with Crippen molar-refractivity contribution in [3.05, 3.63) is 11.6 Å². The summed E-state index contributed by atoms with van der Waals surface area (Å²) in [5, 5.41) is 0. The maximum absolute atomic E-state index is 13.2. The van der Waals surface area contributed by atoms with Crippen LogP contribution in [0.25, 0.3) is 0 Å². The van der Waals surface area contributed by atoms with E-state index < -0.39 is 40.6 Å². The monoisotopic (exact) mass is 534 g/mol. The maximum Gasteiger partial charge on any atom is 0.333 e. The molecule has 3 heterocycles. The smallest absolute Gasteiger partial charge is 0.333 e. The van der Waals surface area contributed by atoms with Crippen LogP contribution in [0, 0.1) is 28.6 Å². The van der Waals surface area contributed by atoms with Crippen LogP contribution in [0.1, 0.15) is 73.6 Å². The second-order valence-corrected chi connectivity index (χ2v) is 12.3. The molecule has 5 aliphatic rings. The number of rotatable bonds is 6. The lowest BCUT2D eigenvalue weighted by Crippen LogP contribution is -2.72. The van der Waals surface area contributed by atoms with Crippen LogP contribution in [0.3, 0.4) is 0 Å². The van der Waals surface area contributed by atoms with Crippen molar-refractivity contribution < 1.29 is 42.8 Å². The molecule has 0 aromatic carbocycles. The molecule has 9 nitrogen and oxygen atoms in total. The Morgan fingerprint density at radius 2 is 1.79 bits per heavy atom. The van der Waals surface area contributed by atoms with Gasteiger partial charge in [0, 0.05) is 36.7 Å². The van der Waals surface area contributed by atoms with Crippen LogP contribution in [-0.4, -0.2) is 67.9 Å². The number of hydrogen-bond donors (Lipinski definition) is 0. The molecule has 10 atom stereocenters. The van der Waals surface area contributed by atoms with Crippen LogP contribution in [0.15, 0.2) is 11.6 Å². The van der Waals surface area contributed by atoms with Crippen LogP contribution < -0.4 is 0 Å². The second kappa shape index (κ2) is 9.89. The van der Waals surface area contributed by atoms with Gasteiger partial charge in [-0.3, -0.25) is 9.59 Å². The number of allylic oxidation sites excluding steroid dienone is 1. The van der Waals surface area contributed by atoms with E-state index in [1.807, 2.05) is 6.92 Å². The zero-order valence-corrected chi connectivity index (χ0v) is 23.4.